The van der Waals surface area contributed by atoms with Gasteiger partial charge >= 0.3 is 6.18 Å². The van der Waals surface area contributed by atoms with Crippen molar-refractivity contribution in [3.63, 3.8) is 0 Å². The molecule has 2 aromatic carbocycles. The Kier molecular flexibility index (Phi) is 9.06. The summed E-state index contributed by atoms with van der Waals surface area (Å²) in [5, 5.41) is 0. The SMILES string of the molecule is Cc1c(OCCN(C)C(C)C)ccc(C(C)N2CCN(C(=O)c3ccc(C(F)(F)F)cc3)CC2)c1C. The van der Waals surface area contributed by atoms with E-state index in [4.69, 9.17) is 4.74 Å². The topological polar surface area (TPSA) is 36.0 Å². The van der Waals surface area contributed by atoms with Crippen molar-refractivity contribution < 1.29 is 22.7 Å². The lowest BCUT2D eigenvalue weighted by atomic mass is 9.96. The quantitative estimate of drug-likeness (QED) is 0.471. The minimum atomic E-state index is -4.41. The normalized spacial score (nSPS) is 16.0. The number of ether oxygens (including phenoxy) is 1. The molecule has 1 amide bonds. The molecule has 0 N–H and O–H groups in total. The molecule has 36 heavy (non-hydrogen) atoms. The van der Waals surface area contributed by atoms with E-state index in [1.807, 2.05) is 6.07 Å². The van der Waals surface area contributed by atoms with Crippen LogP contribution in [0.3, 0.4) is 0 Å². The zero-order valence-electron chi connectivity index (χ0n) is 22.2. The number of piperazine rings is 1. The van der Waals surface area contributed by atoms with Crippen molar-refractivity contribution in [3.8, 4) is 5.75 Å². The molecular formula is C28H38F3N3O2. The second kappa shape index (κ2) is 11.6. The van der Waals surface area contributed by atoms with Gasteiger partial charge in [0.1, 0.15) is 12.4 Å². The summed E-state index contributed by atoms with van der Waals surface area (Å²) in [5.74, 6) is 0.681. The number of alkyl halides is 3. The maximum Gasteiger partial charge on any atom is 0.416 e. The van der Waals surface area contributed by atoms with Crippen LogP contribution >= 0.6 is 0 Å². The van der Waals surface area contributed by atoms with Gasteiger partial charge in [-0.2, -0.15) is 13.2 Å². The van der Waals surface area contributed by atoms with Crippen molar-refractivity contribution in [2.24, 2.45) is 0 Å². The van der Waals surface area contributed by atoms with E-state index in [1.54, 1.807) is 4.90 Å². The standard InChI is InChI=1S/C28H38F3N3O2/c1-19(2)32(6)17-18-36-26-12-11-25(20(3)21(26)4)22(5)33-13-15-34(16-14-33)27(35)23-7-9-24(10-8-23)28(29,30)31/h7-12,19,22H,13-18H2,1-6H3. The average molecular weight is 506 g/mol. The van der Waals surface area contributed by atoms with Crippen LogP contribution in [0, 0.1) is 13.8 Å². The molecule has 198 valence electrons. The van der Waals surface area contributed by atoms with Crippen molar-refractivity contribution in [2.45, 2.75) is 52.9 Å². The van der Waals surface area contributed by atoms with Gasteiger partial charge in [-0.3, -0.25) is 9.69 Å². The maximum atomic E-state index is 12.8. The molecule has 3 rings (SSSR count). The number of carbonyl (C=O) groups is 1. The Morgan fingerprint density at radius 1 is 0.972 bits per heavy atom. The minimum Gasteiger partial charge on any atom is -0.492 e. The lowest BCUT2D eigenvalue weighted by Gasteiger charge is -2.39. The van der Waals surface area contributed by atoms with Gasteiger partial charge in [0.25, 0.3) is 5.91 Å². The van der Waals surface area contributed by atoms with Crippen LogP contribution in [0.5, 0.6) is 5.75 Å². The average Bonchev–Trinajstić information content (AvgIpc) is 2.85. The Morgan fingerprint density at radius 2 is 1.58 bits per heavy atom. The minimum absolute atomic E-state index is 0.174. The summed E-state index contributed by atoms with van der Waals surface area (Å²) >= 11 is 0. The highest BCUT2D eigenvalue weighted by molar-refractivity contribution is 5.94. The fourth-order valence-corrected chi connectivity index (χ4v) is 4.48. The molecule has 1 fully saturated rings. The fraction of sp³-hybridized carbons (Fsp3) is 0.536. The van der Waals surface area contributed by atoms with Crippen molar-refractivity contribution >= 4 is 5.91 Å². The van der Waals surface area contributed by atoms with Gasteiger partial charge in [-0.05, 0) is 88.7 Å². The van der Waals surface area contributed by atoms with E-state index >= 15 is 0 Å². The van der Waals surface area contributed by atoms with Crippen LogP contribution in [0.4, 0.5) is 13.2 Å². The molecule has 0 radical (unpaired) electrons. The van der Waals surface area contributed by atoms with Crippen molar-refractivity contribution in [1.82, 2.24) is 14.7 Å². The molecular weight excluding hydrogens is 467 g/mol. The summed E-state index contributed by atoms with van der Waals surface area (Å²) in [4.78, 5) is 19.1. The Hall–Kier alpha value is -2.58. The monoisotopic (exact) mass is 505 g/mol. The largest absolute Gasteiger partial charge is 0.492 e. The first-order valence-electron chi connectivity index (χ1n) is 12.5. The maximum absolute atomic E-state index is 12.8. The second-order valence-corrected chi connectivity index (χ2v) is 9.90. The summed E-state index contributed by atoms with van der Waals surface area (Å²) in [7, 11) is 2.09. The number of rotatable bonds is 8. The van der Waals surface area contributed by atoms with Crippen LogP contribution in [0.2, 0.25) is 0 Å². The molecule has 0 aromatic heterocycles. The highest BCUT2D eigenvalue weighted by atomic mass is 19.4. The Labute approximate surface area is 212 Å². The smallest absolute Gasteiger partial charge is 0.416 e. The molecule has 0 aliphatic carbocycles. The molecule has 0 saturated carbocycles. The summed E-state index contributed by atoms with van der Waals surface area (Å²) in [6.45, 7) is 14.7. The molecule has 1 atom stereocenters. The summed E-state index contributed by atoms with van der Waals surface area (Å²) < 4.78 is 44.5. The van der Waals surface area contributed by atoms with Gasteiger partial charge in [0, 0.05) is 50.4 Å². The predicted octanol–water partition coefficient (Wildman–Crippen LogP) is 5.56. The molecule has 0 spiro atoms. The van der Waals surface area contributed by atoms with Gasteiger partial charge in [-0.25, -0.2) is 0 Å². The molecule has 2 aromatic rings. The third-order valence-corrected chi connectivity index (χ3v) is 7.42. The Morgan fingerprint density at radius 3 is 2.14 bits per heavy atom. The number of hydrogen-bond donors (Lipinski definition) is 0. The first-order chi connectivity index (χ1) is 16.9. The van der Waals surface area contributed by atoms with E-state index < -0.39 is 11.7 Å². The van der Waals surface area contributed by atoms with Gasteiger partial charge < -0.3 is 14.5 Å². The molecule has 0 bridgehead atoms. The van der Waals surface area contributed by atoms with Crippen molar-refractivity contribution in [2.75, 3.05) is 46.4 Å². The molecule has 1 aliphatic heterocycles. The number of amides is 1. The van der Waals surface area contributed by atoms with Gasteiger partial charge in [0.05, 0.1) is 5.56 Å². The van der Waals surface area contributed by atoms with Gasteiger partial charge in [0.2, 0.25) is 0 Å². The zero-order chi connectivity index (χ0) is 26.6. The summed E-state index contributed by atoms with van der Waals surface area (Å²) in [6, 6.07) is 9.29. The van der Waals surface area contributed by atoms with Crippen molar-refractivity contribution in [3.05, 3.63) is 64.2 Å². The van der Waals surface area contributed by atoms with Crippen molar-refractivity contribution in [1.29, 1.82) is 0 Å². The van der Waals surface area contributed by atoms with E-state index in [-0.39, 0.29) is 17.5 Å². The number of likely N-dealkylation sites (N-methyl/N-ethyl adjacent to an activating group) is 1. The third kappa shape index (κ3) is 6.59. The molecule has 8 heteroatoms. The highest BCUT2D eigenvalue weighted by Crippen LogP contribution is 2.32. The van der Waals surface area contributed by atoms with E-state index in [0.717, 1.165) is 30.0 Å². The van der Waals surface area contributed by atoms with Crippen LogP contribution < -0.4 is 4.74 Å². The number of carbonyl (C=O) groups excluding carboxylic acids is 1. The number of hydrogen-bond acceptors (Lipinski definition) is 4. The lowest BCUT2D eigenvalue weighted by Crippen LogP contribution is -2.49. The van der Waals surface area contributed by atoms with Crippen LogP contribution in [-0.2, 0) is 6.18 Å². The second-order valence-electron chi connectivity index (χ2n) is 9.90. The van der Waals surface area contributed by atoms with Gasteiger partial charge in [0.15, 0.2) is 0 Å². The van der Waals surface area contributed by atoms with Crippen LogP contribution in [0.25, 0.3) is 0 Å². The van der Waals surface area contributed by atoms with Gasteiger partial charge in [-0.1, -0.05) is 6.07 Å². The highest BCUT2D eigenvalue weighted by Gasteiger charge is 2.31. The van der Waals surface area contributed by atoms with E-state index in [2.05, 4.69) is 57.5 Å². The third-order valence-electron chi connectivity index (χ3n) is 7.42. The van der Waals surface area contributed by atoms with E-state index in [0.29, 0.717) is 38.8 Å². The summed E-state index contributed by atoms with van der Waals surface area (Å²) in [6.07, 6.45) is -4.41. The summed E-state index contributed by atoms with van der Waals surface area (Å²) in [5.41, 5.74) is 3.12. The predicted molar refractivity (Wildman–Crippen MR) is 137 cm³/mol. The van der Waals surface area contributed by atoms with E-state index in [9.17, 15) is 18.0 Å². The van der Waals surface area contributed by atoms with Crippen LogP contribution in [0.15, 0.2) is 36.4 Å². The zero-order valence-corrected chi connectivity index (χ0v) is 22.2. The van der Waals surface area contributed by atoms with Crippen LogP contribution in [-0.4, -0.2) is 73.0 Å². The number of nitrogens with zero attached hydrogens (tertiary/aromatic N) is 3. The molecule has 1 saturated heterocycles. The molecule has 1 unspecified atom stereocenters. The Bertz CT molecular complexity index is 1030. The first-order valence-corrected chi connectivity index (χ1v) is 12.5. The first kappa shape index (κ1) is 28.0. The lowest BCUT2D eigenvalue weighted by molar-refractivity contribution is -0.137. The molecule has 1 aliphatic rings. The van der Waals surface area contributed by atoms with Crippen LogP contribution in [0.1, 0.15) is 59.4 Å². The number of benzene rings is 2. The molecule has 5 nitrogen and oxygen atoms in total. The number of halogens is 3. The molecule has 1 heterocycles. The van der Waals surface area contributed by atoms with E-state index in [1.165, 1.54) is 23.3 Å². The Balaban J connectivity index is 1.58. The van der Waals surface area contributed by atoms with Gasteiger partial charge in [-0.15, -0.1) is 0 Å². The fourth-order valence-electron chi connectivity index (χ4n) is 4.48.